The van der Waals surface area contributed by atoms with E-state index >= 15 is 0 Å². The first-order valence-corrected chi connectivity index (χ1v) is 7.84. The van der Waals surface area contributed by atoms with E-state index in [-0.39, 0.29) is 5.60 Å². The summed E-state index contributed by atoms with van der Waals surface area (Å²) in [5, 5.41) is 9.50. The van der Waals surface area contributed by atoms with Gasteiger partial charge in [-0.2, -0.15) is 0 Å². The summed E-state index contributed by atoms with van der Waals surface area (Å²) in [6, 6.07) is 1.09. The van der Waals surface area contributed by atoms with Crippen LogP contribution in [-0.2, 0) is 4.74 Å². The maximum atomic E-state index is 9.50. The zero-order valence-corrected chi connectivity index (χ0v) is 11.4. The third-order valence-corrected chi connectivity index (χ3v) is 5.33. The van der Waals surface area contributed by atoms with Gasteiger partial charge in [-0.05, 0) is 45.1 Å². The number of ether oxygens (including phenoxy) is 1. The molecule has 2 aliphatic heterocycles. The molecule has 0 aromatic rings. The van der Waals surface area contributed by atoms with E-state index in [2.05, 4.69) is 4.90 Å². The summed E-state index contributed by atoms with van der Waals surface area (Å²) in [7, 11) is 0. The van der Waals surface area contributed by atoms with E-state index in [0.29, 0.717) is 18.7 Å². The van der Waals surface area contributed by atoms with Crippen LogP contribution in [0.1, 0.15) is 57.8 Å². The highest BCUT2D eigenvalue weighted by atomic mass is 16.5. The van der Waals surface area contributed by atoms with E-state index < -0.39 is 0 Å². The monoisotopic (exact) mass is 253 g/mol. The normalized spacial score (nSPS) is 37.2. The van der Waals surface area contributed by atoms with E-state index in [1.165, 1.54) is 57.9 Å². The first-order chi connectivity index (χ1) is 8.83. The zero-order chi connectivity index (χ0) is 12.4. The molecule has 1 N–H and O–H groups in total. The Bertz CT molecular complexity index is 270. The molecule has 1 unspecified atom stereocenters. The molecule has 0 bridgehead atoms. The summed E-state index contributed by atoms with van der Waals surface area (Å²) < 4.78 is 6.18. The van der Waals surface area contributed by atoms with Crippen molar-refractivity contribution in [3.63, 3.8) is 0 Å². The second kappa shape index (κ2) is 5.48. The van der Waals surface area contributed by atoms with Gasteiger partial charge in [0.05, 0.1) is 12.2 Å². The van der Waals surface area contributed by atoms with Crippen molar-refractivity contribution in [3.8, 4) is 0 Å². The predicted molar refractivity (Wildman–Crippen MR) is 71.6 cm³/mol. The quantitative estimate of drug-likeness (QED) is 0.820. The van der Waals surface area contributed by atoms with Gasteiger partial charge >= 0.3 is 0 Å². The van der Waals surface area contributed by atoms with Crippen LogP contribution in [0.5, 0.6) is 0 Å². The van der Waals surface area contributed by atoms with Crippen molar-refractivity contribution in [3.05, 3.63) is 0 Å². The van der Waals surface area contributed by atoms with Crippen molar-refractivity contribution in [1.29, 1.82) is 0 Å². The molecule has 3 aliphatic rings. The highest BCUT2D eigenvalue weighted by Crippen LogP contribution is 2.41. The second-order valence-corrected chi connectivity index (χ2v) is 6.46. The standard InChI is InChI=1S/C15H27NO2/c17-12-14-5-4-9-16(14)13-6-10-18-15(11-13)7-2-1-3-8-15/h13-14,17H,1-12H2/t13?,14-/m0/s1. The van der Waals surface area contributed by atoms with E-state index in [9.17, 15) is 5.11 Å². The van der Waals surface area contributed by atoms with Crippen molar-refractivity contribution < 1.29 is 9.84 Å². The summed E-state index contributed by atoms with van der Waals surface area (Å²) in [5.74, 6) is 0. The fourth-order valence-electron chi connectivity index (χ4n) is 4.36. The summed E-state index contributed by atoms with van der Waals surface area (Å²) in [5.41, 5.74) is 0.198. The Balaban J connectivity index is 1.66. The Hall–Kier alpha value is -0.120. The smallest absolute Gasteiger partial charge is 0.0697 e. The van der Waals surface area contributed by atoms with Crippen LogP contribution < -0.4 is 0 Å². The molecule has 3 rings (SSSR count). The highest BCUT2D eigenvalue weighted by Gasteiger charge is 2.42. The Labute approximate surface area is 110 Å². The van der Waals surface area contributed by atoms with E-state index in [0.717, 1.165) is 13.0 Å². The first kappa shape index (κ1) is 12.9. The molecule has 3 nitrogen and oxygen atoms in total. The molecular formula is C15H27NO2. The fraction of sp³-hybridized carbons (Fsp3) is 1.00. The molecule has 2 saturated heterocycles. The maximum absolute atomic E-state index is 9.50. The number of aliphatic hydroxyl groups excluding tert-OH is 1. The van der Waals surface area contributed by atoms with Gasteiger partial charge in [0, 0.05) is 18.7 Å². The second-order valence-electron chi connectivity index (χ2n) is 6.46. The number of aliphatic hydroxyl groups is 1. The SMILES string of the molecule is OC[C@@H]1CCCN1C1CCOC2(CCCCC2)C1. The van der Waals surface area contributed by atoms with Crippen LogP contribution in [0, 0.1) is 0 Å². The first-order valence-electron chi connectivity index (χ1n) is 7.84. The van der Waals surface area contributed by atoms with Crippen molar-refractivity contribution in [2.24, 2.45) is 0 Å². The van der Waals surface area contributed by atoms with Crippen molar-refractivity contribution in [2.45, 2.75) is 75.5 Å². The van der Waals surface area contributed by atoms with Gasteiger partial charge in [-0.3, -0.25) is 4.90 Å². The van der Waals surface area contributed by atoms with Crippen LogP contribution in [0.25, 0.3) is 0 Å². The van der Waals surface area contributed by atoms with E-state index in [4.69, 9.17) is 4.74 Å². The molecule has 3 fully saturated rings. The molecule has 2 atom stereocenters. The fourth-order valence-corrected chi connectivity index (χ4v) is 4.36. The summed E-state index contributed by atoms with van der Waals surface area (Å²) in [6.07, 6.45) is 11.4. The van der Waals surface area contributed by atoms with Gasteiger partial charge in [0.2, 0.25) is 0 Å². The largest absolute Gasteiger partial charge is 0.395 e. The molecule has 18 heavy (non-hydrogen) atoms. The van der Waals surface area contributed by atoms with Crippen molar-refractivity contribution in [1.82, 2.24) is 4.90 Å². The lowest BCUT2D eigenvalue weighted by Crippen LogP contribution is -2.51. The van der Waals surface area contributed by atoms with Gasteiger partial charge in [0.1, 0.15) is 0 Å². The summed E-state index contributed by atoms with van der Waals surface area (Å²) in [4.78, 5) is 2.58. The molecule has 0 amide bonds. The minimum atomic E-state index is 0.198. The summed E-state index contributed by atoms with van der Waals surface area (Å²) in [6.45, 7) is 2.45. The third-order valence-electron chi connectivity index (χ3n) is 5.33. The van der Waals surface area contributed by atoms with Crippen LogP contribution in [0.15, 0.2) is 0 Å². The molecule has 104 valence electrons. The number of likely N-dealkylation sites (tertiary alicyclic amines) is 1. The zero-order valence-electron chi connectivity index (χ0n) is 11.4. The average molecular weight is 253 g/mol. The lowest BCUT2D eigenvalue weighted by molar-refractivity contribution is -0.126. The molecule has 2 heterocycles. The van der Waals surface area contributed by atoms with Gasteiger partial charge in [0.25, 0.3) is 0 Å². The van der Waals surface area contributed by atoms with Gasteiger partial charge in [0.15, 0.2) is 0 Å². The molecule has 1 spiro atoms. The highest BCUT2D eigenvalue weighted by molar-refractivity contribution is 4.95. The summed E-state index contributed by atoms with van der Waals surface area (Å²) >= 11 is 0. The van der Waals surface area contributed by atoms with Crippen LogP contribution in [-0.4, -0.2) is 47.4 Å². The van der Waals surface area contributed by atoms with Crippen molar-refractivity contribution in [2.75, 3.05) is 19.8 Å². The Morgan fingerprint density at radius 3 is 2.72 bits per heavy atom. The molecular weight excluding hydrogens is 226 g/mol. The number of hydrogen-bond acceptors (Lipinski definition) is 3. The lowest BCUT2D eigenvalue weighted by Gasteiger charge is -2.47. The molecule has 1 saturated carbocycles. The Kier molecular flexibility index (Phi) is 3.92. The third kappa shape index (κ3) is 2.45. The number of nitrogens with zero attached hydrogens (tertiary/aromatic N) is 1. The van der Waals surface area contributed by atoms with E-state index in [1.54, 1.807) is 0 Å². The van der Waals surface area contributed by atoms with Crippen molar-refractivity contribution >= 4 is 0 Å². The number of hydrogen-bond donors (Lipinski definition) is 1. The number of rotatable bonds is 2. The van der Waals surface area contributed by atoms with Crippen LogP contribution >= 0.6 is 0 Å². The molecule has 0 aromatic carbocycles. The molecule has 1 aliphatic carbocycles. The minimum absolute atomic E-state index is 0.198. The van der Waals surface area contributed by atoms with Gasteiger partial charge in [-0.1, -0.05) is 19.3 Å². The molecule has 0 radical (unpaired) electrons. The Morgan fingerprint density at radius 1 is 1.11 bits per heavy atom. The topological polar surface area (TPSA) is 32.7 Å². The predicted octanol–water partition coefficient (Wildman–Crippen LogP) is 2.33. The van der Waals surface area contributed by atoms with Gasteiger partial charge < -0.3 is 9.84 Å². The van der Waals surface area contributed by atoms with Crippen LogP contribution in [0.4, 0.5) is 0 Å². The van der Waals surface area contributed by atoms with Gasteiger partial charge in [-0.25, -0.2) is 0 Å². The minimum Gasteiger partial charge on any atom is -0.395 e. The van der Waals surface area contributed by atoms with Crippen LogP contribution in [0.3, 0.4) is 0 Å². The molecule has 0 aromatic heterocycles. The maximum Gasteiger partial charge on any atom is 0.0697 e. The van der Waals surface area contributed by atoms with Crippen LogP contribution in [0.2, 0.25) is 0 Å². The van der Waals surface area contributed by atoms with Gasteiger partial charge in [-0.15, -0.1) is 0 Å². The van der Waals surface area contributed by atoms with E-state index in [1.807, 2.05) is 0 Å². The lowest BCUT2D eigenvalue weighted by atomic mass is 9.78. The Morgan fingerprint density at radius 2 is 1.94 bits per heavy atom. The average Bonchev–Trinajstić information content (AvgIpc) is 2.88. The molecule has 3 heteroatoms.